The highest BCUT2D eigenvalue weighted by molar-refractivity contribution is 5.36. The van der Waals surface area contributed by atoms with Crippen LogP contribution >= 0.6 is 0 Å². The number of phenolic OH excluding ortho intramolecular Hbond substituents is 1. The maximum absolute atomic E-state index is 13.2. The molecule has 0 fully saturated rings. The van der Waals surface area contributed by atoms with Crippen LogP contribution in [0.15, 0.2) is 24.3 Å². The van der Waals surface area contributed by atoms with E-state index < -0.39 is 29.5 Å². The molecule has 1 aromatic rings. The van der Waals surface area contributed by atoms with Crippen LogP contribution in [0, 0.1) is 0 Å². The van der Waals surface area contributed by atoms with Crippen molar-refractivity contribution >= 4 is 0 Å². The van der Waals surface area contributed by atoms with Gasteiger partial charge in [0, 0.05) is 5.56 Å². The molecule has 0 radical (unpaired) electrons. The van der Waals surface area contributed by atoms with Gasteiger partial charge in [-0.15, -0.1) is 0 Å². The second kappa shape index (κ2) is 4.48. The van der Waals surface area contributed by atoms with E-state index in [4.69, 9.17) is 0 Å². The number of para-hydroxylation sites is 1. The molecule has 0 aromatic heterocycles. The fourth-order valence-corrected chi connectivity index (χ4v) is 1.43. The lowest BCUT2D eigenvalue weighted by molar-refractivity contribution is -0.294. The maximum Gasteiger partial charge on any atom is 0.455 e. The van der Waals surface area contributed by atoms with Gasteiger partial charge in [0.25, 0.3) is 0 Å². The van der Waals surface area contributed by atoms with Gasteiger partial charge in [-0.3, -0.25) is 0 Å². The first-order valence-corrected chi connectivity index (χ1v) is 4.61. The van der Waals surface area contributed by atoms with Gasteiger partial charge in [0.1, 0.15) is 11.8 Å². The summed E-state index contributed by atoms with van der Waals surface area (Å²) in [4.78, 5) is 0. The van der Waals surface area contributed by atoms with Crippen molar-refractivity contribution < 1.29 is 27.1 Å². The van der Waals surface area contributed by atoms with E-state index >= 15 is 0 Å². The van der Waals surface area contributed by atoms with Crippen LogP contribution in [-0.2, 0) is 0 Å². The Morgan fingerprint density at radius 3 is 2.06 bits per heavy atom. The van der Waals surface area contributed by atoms with Crippen LogP contribution in [0.2, 0.25) is 0 Å². The Balaban J connectivity index is 3.22. The molecule has 0 saturated heterocycles. The van der Waals surface area contributed by atoms with E-state index in [0.717, 1.165) is 19.2 Å². The Morgan fingerprint density at radius 1 is 1.12 bits per heavy atom. The number of alkyl halides is 5. The lowest BCUT2D eigenvalue weighted by Crippen LogP contribution is -2.47. The zero-order valence-electron chi connectivity index (χ0n) is 8.72. The van der Waals surface area contributed by atoms with Gasteiger partial charge in [-0.05, 0) is 13.1 Å². The molecule has 0 heterocycles. The zero-order valence-corrected chi connectivity index (χ0v) is 8.72. The average molecular weight is 255 g/mol. The molecule has 2 N–H and O–H groups in total. The van der Waals surface area contributed by atoms with Gasteiger partial charge in [0.05, 0.1) is 0 Å². The molecule has 0 amide bonds. The fourth-order valence-electron chi connectivity index (χ4n) is 1.43. The second-order valence-electron chi connectivity index (χ2n) is 3.40. The first-order valence-electron chi connectivity index (χ1n) is 4.61. The van der Waals surface area contributed by atoms with Crippen molar-refractivity contribution in [2.75, 3.05) is 7.05 Å². The Hall–Kier alpha value is -1.37. The molecule has 96 valence electrons. The van der Waals surface area contributed by atoms with Crippen LogP contribution in [0.25, 0.3) is 0 Å². The SMILES string of the molecule is CNC(c1ccccc1O)C(F)(F)C(F)(F)F. The predicted octanol–water partition coefficient (Wildman–Crippen LogP) is 2.85. The highest BCUT2D eigenvalue weighted by atomic mass is 19.4. The smallest absolute Gasteiger partial charge is 0.455 e. The Kier molecular flexibility index (Phi) is 3.61. The summed E-state index contributed by atoms with van der Waals surface area (Å²) in [7, 11) is 0.969. The van der Waals surface area contributed by atoms with E-state index in [2.05, 4.69) is 0 Å². The van der Waals surface area contributed by atoms with Gasteiger partial charge in [0.15, 0.2) is 0 Å². The summed E-state index contributed by atoms with van der Waals surface area (Å²) in [6, 6.07) is 2.33. The summed E-state index contributed by atoms with van der Waals surface area (Å²) >= 11 is 0. The fraction of sp³-hybridized carbons (Fsp3) is 0.400. The summed E-state index contributed by atoms with van der Waals surface area (Å²) < 4.78 is 63.0. The molecule has 17 heavy (non-hydrogen) atoms. The van der Waals surface area contributed by atoms with Crippen LogP contribution in [0.3, 0.4) is 0 Å². The van der Waals surface area contributed by atoms with Crippen molar-refractivity contribution in [3.05, 3.63) is 29.8 Å². The van der Waals surface area contributed by atoms with E-state index in [1.807, 2.05) is 5.32 Å². The first kappa shape index (κ1) is 13.7. The first-order chi connectivity index (χ1) is 7.71. The van der Waals surface area contributed by atoms with Crippen LogP contribution < -0.4 is 5.32 Å². The predicted molar refractivity (Wildman–Crippen MR) is 50.9 cm³/mol. The number of hydrogen-bond donors (Lipinski definition) is 2. The topological polar surface area (TPSA) is 32.3 Å². The number of halogens is 5. The summed E-state index contributed by atoms with van der Waals surface area (Å²) in [5, 5.41) is 11.2. The van der Waals surface area contributed by atoms with E-state index in [1.165, 1.54) is 12.1 Å². The van der Waals surface area contributed by atoms with Crippen molar-refractivity contribution in [2.45, 2.75) is 18.1 Å². The van der Waals surface area contributed by atoms with Crippen molar-refractivity contribution in [1.82, 2.24) is 5.32 Å². The quantitative estimate of drug-likeness (QED) is 0.814. The molecule has 1 rings (SSSR count). The number of phenols is 1. The minimum absolute atomic E-state index is 0.502. The van der Waals surface area contributed by atoms with E-state index in [1.54, 1.807) is 0 Å². The van der Waals surface area contributed by atoms with Crippen molar-refractivity contribution in [2.24, 2.45) is 0 Å². The second-order valence-corrected chi connectivity index (χ2v) is 3.40. The van der Waals surface area contributed by atoms with Crippen LogP contribution in [-0.4, -0.2) is 24.3 Å². The third-order valence-corrected chi connectivity index (χ3v) is 2.28. The number of aromatic hydroxyl groups is 1. The van der Waals surface area contributed by atoms with Gasteiger partial charge in [-0.2, -0.15) is 22.0 Å². The number of hydrogen-bond acceptors (Lipinski definition) is 2. The van der Waals surface area contributed by atoms with Crippen LogP contribution in [0.1, 0.15) is 11.6 Å². The van der Waals surface area contributed by atoms with Crippen molar-refractivity contribution in [3.63, 3.8) is 0 Å². The molecule has 0 bridgehead atoms. The van der Waals surface area contributed by atoms with Gasteiger partial charge in [0.2, 0.25) is 0 Å². The van der Waals surface area contributed by atoms with E-state index in [0.29, 0.717) is 0 Å². The van der Waals surface area contributed by atoms with Crippen LogP contribution in [0.4, 0.5) is 22.0 Å². The molecule has 1 aromatic carbocycles. The summed E-state index contributed by atoms with van der Waals surface area (Å²) in [6.07, 6.45) is -5.69. The van der Waals surface area contributed by atoms with Crippen molar-refractivity contribution in [1.29, 1.82) is 0 Å². The van der Waals surface area contributed by atoms with Gasteiger partial charge in [-0.1, -0.05) is 18.2 Å². The summed E-state index contributed by atoms with van der Waals surface area (Å²) in [6.45, 7) is 0. The Bertz CT molecular complexity index is 391. The summed E-state index contributed by atoms with van der Waals surface area (Å²) in [5.74, 6) is -5.59. The molecule has 0 aliphatic rings. The summed E-state index contributed by atoms with van der Waals surface area (Å²) in [5.41, 5.74) is -0.502. The molecule has 1 unspecified atom stereocenters. The lowest BCUT2D eigenvalue weighted by atomic mass is 9.99. The van der Waals surface area contributed by atoms with Gasteiger partial charge < -0.3 is 10.4 Å². The molecular formula is C10H10F5NO. The van der Waals surface area contributed by atoms with E-state index in [9.17, 15) is 27.1 Å². The van der Waals surface area contributed by atoms with E-state index in [-0.39, 0.29) is 0 Å². The molecule has 1 atom stereocenters. The highest BCUT2D eigenvalue weighted by Gasteiger charge is 2.62. The molecule has 0 aliphatic heterocycles. The van der Waals surface area contributed by atoms with Gasteiger partial charge in [-0.25, -0.2) is 0 Å². The van der Waals surface area contributed by atoms with Crippen LogP contribution in [0.5, 0.6) is 5.75 Å². The van der Waals surface area contributed by atoms with Gasteiger partial charge >= 0.3 is 12.1 Å². The molecule has 0 aliphatic carbocycles. The number of benzene rings is 1. The molecular weight excluding hydrogens is 245 g/mol. The normalized spacial score (nSPS) is 14.7. The number of rotatable bonds is 3. The average Bonchev–Trinajstić information content (AvgIpc) is 2.20. The Labute approximate surface area is 94.1 Å². The van der Waals surface area contributed by atoms with Crippen molar-refractivity contribution in [3.8, 4) is 5.75 Å². The third kappa shape index (κ3) is 2.49. The standard InChI is InChI=1S/C10H10F5NO/c1-16-8(9(11,12)10(13,14)15)6-4-2-3-5-7(6)17/h2-5,8,16-17H,1H3. The highest BCUT2D eigenvalue weighted by Crippen LogP contribution is 2.45. The lowest BCUT2D eigenvalue weighted by Gasteiger charge is -2.28. The minimum atomic E-state index is -5.69. The molecule has 0 spiro atoms. The monoisotopic (exact) mass is 255 g/mol. The zero-order chi connectivity index (χ0) is 13.3. The molecule has 7 heteroatoms. The molecule has 2 nitrogen and oxygen atoms in total. The largest absolute Gasteiger partial charge is 0.508 e. The minimum Gasteiger partial charge on any atom is -0.508 e. The maximum atomic E-state index is 13.2. The number of nitrogens with one attached hydrogen (secondary N) is 1. The molecule has 0 saturated carbocycles. The Morgan fingerprint density at radius 2 is 1.65 bits per heavy atom. The third-order valence-electron chi connectivity index (χ3n) is 2.28.